The Morgan fingerprint density at radius 3 is 2.48 bits per heavy atom. The van der Waals surface area contributed by atoms with Gasteiger partial charge in [-0.05, 0) is 56.5 Å². The molecule has 0 bridgehead atoms. The second-order valence-electron chi connectivity index (χ2n) is 6.90. The molecule has 1 heterocycles. The molecule has 1 atom stereocenters. The topological polar surface area (TPSA) is 58.6 Å². The molecule has 27 heavy (non-hydrogen) atoms. The van der Waals surface area contributed by atoms with E-state index in [4.69, 9.17) is 4.74 Å². The molecular formula is C22H26N2O3. The molecule has 0 radical (unpaired) electrons. The first kappa shape index (κ1) is 19.0. The van der Waals surface area contributed by atoms with Crippen molar-refractivity contribution in [3.63, 3.8) is 0 Å². The van der Waals surface area contributed by atoms with Gasteiger partial charge in [-0.3, -0.25) is 9.59 Å². The van der Waals surface area contributed by atoms with E-state index in [1.54, 1.807) is 24.3 Å². The summed E-state index contributed by atoms with van der Waals surface area (Å²) in [4.78, 5) is 27.0. The maximum absolute atomic E-state index is 12.6. The van der Waals surface area contributed by atoms with Crippen LogP contribution in [0.2, 0.25) is 0 Å². The lowest BCUT2D eigenvalue weighted by Gasteiger charge is -2.18. The van der Waals surface area contributed by atoms with Crippen molar-refractivity contribution >= 4 is 17.5 Å². The van der Waals surface area contributed by atoms with Gasteiger partial charge in [0.2, 0.25) is 0 Å². The van der Waals surface area contributed by atoms with Crippen molar-refractivity contribution in [2.24, 2.45) is 0 Å². The highest BCUT2D eigenvalue weighted by atomic mass is 16.5. The van der Waals surface area contributed by atoms with Crippen LogP contribution < -0.4 is 10.1 Å². The molecule has 1 aliphatic rings. The third-order valence-electron chi connectivity index (χ3n) is 4.73. The zero-order chi connectivity index (χ0) is 19.2. The predicted molar refractivity (Wildman–Crippen MR) is 106 cm³/mol. The Balaban J connectivity index is 1.66. The van der Waals surface area contributed by atoms with Gasteiger partial charge in [0, 0.05) is 24.3 Å². The van der Waals surface area contributed by atoms with Crippen molar-refractivity contribution in [3.8, 4) is 5.75 Å². The van der Waals surface area contributed by atoms with Crippen molar-refractivity contribution in [3.05, 3.63) is 59.7 Å². The van der Waals surface area contributed by atoms with Crippen LogP contribution in [0.3, 0.4) is 0 Å². The van der Waals surface area contributed by atoms with Crippen LogP contribution >= 0.6 is 0 Å². The van der Waals surface area contributed by atoms with E-state index in [0.717, 1.165) is 31.5 Å². The first-order valence-electron chi connectivity index (χ1n) is 9.50. The van der Waals surface area contributed by atoms with Gasteiger partial charge in [-0.2, -0.15) is 0 Å². The zero-order valence-corrected chi connectivity index (χ0v) is 15.9. The molecule has 1 aliphatic heterocycles. The fourth-order valence-electron chi connectivity index (χ4n) is 3.16. The fourth-order valence-corrected chi connectivity index (χ4v) is 3.16. The molecule has 142 valence electrons. The van der Waals surface area contributed by atoms with Crippen molar-refractivity contribution in [2.75, 3.05) is 18.4 Å². The first-order chi connectivity index (χ1) is 13.1. The van der Waals surface area contributed by atoms with Gasteiger partial charge in [0.15, 0.2) is 6.10 Å². The molecule has 2 aromatic rings. The van der Waals surface area contributed by atoms with Crippen LogP contribution in [0.15, 0.2) is 48.5 Å². The minimum absolute atomic E-state index is 0.0199. The van der Waals surface area contributed by atoms with Crippen LogP contribution in [0, 0.1) is 6.92 Å². The highest BCUT2D eigenvalue weighted by Gasteiger charge is 2.21. The predicted octanol–water partition coefficient (Wildman–Crippen LogP) is 4.03. The van der Waals surface area contributed by atoms with Gasteiger partial charge in [-0.25, -0.2) is 0 Å². The van der Waals surface area contributed by atoms with Gasteiger partial charge in [-0.1, -0.05) is 30.7 Å². The molecule has 1 fully saturated rings. The van der Waals surface area contributed by atoms with E-state index in [9.17, 15) is 9.59 Å². The van der Waals surface area contributed by atoms with Crippen LogP contribution in [-0.4, -0.2) is 35.9 Å². The summed E-state index contributed by atoms with van der Waals surface area (Å²) in [6.45, 7) is 5.52. The number of hydrogen-bond donors (Lipinski definition) is 1. The number of likely N-dealkylation sites (tertiary alicyclic amines) is 1. The smallest absolute Gasteiger partial charge is 0.265 e. The molecule has 1 N–H and O–H groups in total. The minimum atomic E-state index is -0.592. The third-order valence-corrected chi connectivity index (χ3v) is 4.73. The Kier molecular flexibility index (Phi) is 6.12. The summed E-state index contributed by atoms with van der Waals surface area (Å²) in [5, 5.41) is 2.88. The van der Waals surface area contributed by atoms with E-state index in [1.165, 1.54) is 0 Å². The lowest BCUT2D eigenvalue weighted by Crippen LogP contribution is -2.32. The van der Waals surface area contributed by atoms with Gasteiger partial charge in [0.25, 0.3) is 11.8 Å². The average Bonchev–Trinajstić information content (AvgIpc) is 3.22. The van der Waals surface area contributed by atoms with Gasteiger partial charge < -0.3 is 15.0 Å². The van der Waals surface area contributed by atoms with Gasteiger partial charge >= 0.3 is 0 Å². The standard InChI is InChI=1S/C22H26N2O3/c1-3-20(27-19-11-9-16(2)10-12-19)21(25)23-18-8-6-7-17(15-18)22(26)24-13-4-5-14-24/h6-12,15,20H,3-5,13-14H2,1-2H3,(H,23,25). The number of ether oxygens (including phenoxy) is 1. The number of benzene rings is 2. The normalized spacial score (nSPS) is 14.7. The summed E-state index contributed by atoms with van der Waals surface area (Å²) in [5.41, 5.74) is 2.34. The van der Waals surface area contributed by atoms with E-state index in [-0.39, 0.29) is 11.8 Å². The SMILES string of the molecule is CCC(Oc1ccc(C)cc1)C(=O)Nc1cccc(C(=O)N2CCCC2)c1. The second kappa shape index (κ2) is 8.71. The number of amides is 2. The number of anilines is 1. The number of carbonyl (C=O) groups is 2. The van der Waals surface area contributed by atoms with Crippen LogP contribution in [0.4, 0.5) is 5.69 Å². The molecule has 0 aromatic heterocycles. The molecular weight excluding hydrogens is 340 g/mol. The van der Waals surface area contributed by atoms with Crippen LogP contribution in [-0.2, 0) is 4.79 Å². The molecule has 5 nitrogen and oxygen atoms in total. The van der Waals surface area contributed by atoms with E-state index >= 15 is 0 Å². The number of hydrogen-bond acceptors (Lipinski definition) is 3. The van der Waals surface area contributed by atoms with E-state index < -0.39 is 6.10 Å². The summed E-state index contributed by atoms with van der Waals surface area (Å²) >= 11 is 0. The zero-order valence-electron chi connectivity index (χ0n) is 15.9. The third kappa shape index (κ3) is 4.88. The molecule has 0 saturated carbocycles. The Hall–Kier alpha value is -2.82. The summed E-state index contributed by atoms with van der Waals surface area (Å²) in [5.74, 6) is 0.468. The van der Waals surface area contributed by atoms with Crippen molar-refractivity contribution in [2.45, 2.75) is 39.2 Å². The van der Waals surface area contributed by atoms with Crippen molar-refractivity contribution in [1.82, 2.24) is 4.90 Å². The van der Waals surface area contributed by atoms with Crippen LogP contribution in [0.25, 0.3) is 0 Å². The lowest BCUT2D eigenvalue weighted by molar-refractivity contribution is -0.122. The Bertz CT molecular complexity index is 795. The Labute approximate surface area is 160 Å². The summed E-state index contributed by atoms with van der Waals surface area (Å²) in [6, 6.07) is 14.7. The molecule has 2 aromatic carbocycles. The highest BCUT2D eigenvalue weighted by Crippen LogP contribution is 2.18. The Morgan fingerprint density at radius 2 is 1.81 bits per heavy atom. The number of aryl methyl sites for hydroxylation is 1. The largest absolute Gasteiger partial charge is 0.481 e. The monoisotopic (exact) mass is 366 g/mol. The highest BCUT2D eigenvalue weighted by molar-refractivity contribution is 5.98. The average molecular weight is 366 g/mol. The quantitative estimate of drug-likeness (QED) is 0.840. The molecule has 3 rings (SSSR count). The Morgan fingerprint density at radius 1 is 1.11 bits per heavy atom. The van der Waals surface area contributed by atoms with Crippen LogP contribution in [0.5, 0.6) is 5.75 Å². The minimum Gasteiger partial charge on any atom is -0.481 e. The van der Waals surface area contributed by atoms with E-state index in [1.807, 2.05) is 43.0 Å². The molecule has 0 aliphatic carbocycles. The van der Waals surface area contributed by atoms with Crippen molar-refractivity contribution < 1.29 is 14.3 Å². The molecule has 1 saturated heterocycles. The fraction of sp³-hybridized carbons (Fsp3) is 0.364. The van der Waals surface area contributed by atoms with E-state index in [2.05, 4.69) is 5.32 Å². The molecule has 2 amide bonds. The number of nitrogens with one attached hydrogen (secondary N) is 1. The van der Waals surface area contributed by atoms with Gasteiger partial charge in [0.1, 0.15) is 5.75 Å². The van der Waals surface area contributed by atoms with Gasteiger partial charge in [-0.15, -0.1) is 0 Å². The maximum Gasteiger partial charge on any atom is 0.265 e. The van der Waals surface area contributed by atoms with Crippen LogP contribution in [0.1, 0.15) is 42.1 Å². The molecule has 1 unspecified atom stereocenters. The number of carbonyl (C=O) groups excluding carboxylic acids is 2. The van der Waals surface area contributed by atoms with E-state index in [0.29, 0.717) is 23.4 Å². The van der Waals surface area contributed by atoms with Gasteiger partial charge in [0.05, 0.1) is 0 Å². The molecule has 5 heteroatoms. The number of nitrogens with zero attached hydrogens (tertiary/aromatic N) is 1. The summed E-state index contributed by atoms with van der Waals surface area (Å²) in [6.07, 6.45) is 2.06. The maximum atomic E-state index is 12.6. The number of rotatable bonds is 6. The van der Waals surface area contributed by atoms with Crippen molar-refractivity contribution in [1.29, 1.82) is 0 Å². The first-order valence-corrected chi connectivity index (χ1v) is 9.50. The molecule has 0 spiro atoms. The summed E-state index contributed by atoms with van der Waals surface area (Å²) in [7, 11) is 0. The second-order valence-corrected chi connectivity index (χ2v) is 6.90. The summed E-state index contributed by atoms with van der Waals surface area (Å²) < 4.78 is 5.82. The lowest BCUT2D eigenvalue weighted by atomic mass is 10.1.